The van der Waals surface area contributed by atoms with Crippen molar-refractivity contribution in [1.82, 2.24) is 15.2 Å². The molecule has 22 heavy (non-hydrogen) atoms. The number of carbonyl (C=O) groups is 1. The lowest BCUT2D eigenvalue weighted by Crippen LogP contribution is -2.48. The van der Waals surface area contributed by atoms with Crippen molar-refractivity contribution in [1.29, 1.82) is 0 Å². The van der Waals surface area contributed by atoms with Gasteiger partial charge in [-0.05, 0) is 51.8 Å². The summed E-state index contributed by atoms with van der Waals surface area (Å²) < 4.78 is 5.31. The first kappa shape index (κ1) is 17.0. The van der Waals surface area contributed by atoms with Crippen molar-refractivity contribution in [2.45, 2.75) is 51.8 Å². The van der Waals surface area contributed by atoms with E-state index in [1.807, 2.05) is 26.8 Å². The molecule has 1 aliphatic rings. The van der Waals surface area contributed by atoms with Crippen molar-refractivity contribution in [3.8, 4) is 0 Å². The summed E-state index contributed by atoms with van der Waals surface area (Å²) in [5.41, 5.74) is 0.662. The highest BCUT2D eigenvalue weighted by Crippen LogP contribution is 2.15. The molecule has 1 aromatic heterocycles. The van der Waals surface area contributed by atoms with E-state index in [0.717, 1.165) is 38.0 Å². The number of nitrogens with one attached hydrogen (secondary N) is 1. The largest absolute Gasteiger partial charge is 0.444 e. The molecule has 122 valence electrons. The Balaban J connectivity index is 1.83. The molecular weight excluding hydrogens is 302 g/mol. The van der Waals surface area contributed by atoms with Gasteiger partial charge in [0.25, 0.3) is 0 Å². The zero-order chi connectivity index (χ0) is 16.2. The third kappa shape index (κ3) is 5.81. The van der Waals surface area contributed by atoms with Gasteiger partial charge < -0.3 is 10.1 Å². The number of pyridine rings is 1. The van der Waals surface area contributed by atoms with Gasteiger partial charge in [0.2, 0.25) is 0 Å². The minimum atomic E-state index is -0.465. The Bertz CT molecular complexity index is 499. The van der Waals surface area contributed by atoms with Crippen molar-refractivity contribution in [2.75, 3.05) is 13.1 Å². The standard InChI is InChI=1S/C16H24ClN3O2/c1-16(2,3)22-15(21)19-13-5-4-8-20(11-13)10-12-6-7-14(17)18-9-12/h6-7,9,13H,4-5,8,10-11H2,1-3H3,(H,19,21). The number of alkyl carbamates (subject to hydrolysis) is 1. The van der Waals surface area contributed by atoms with E-state index in [-0.39, 0.29) is 12.1 Å². The van der Waals surface area contributed by atoms with Crippen LogP contribution in [0.25, 0.3) is 0 Å². The Labute approximate surface area is 137 Å². The second kappa shape index (κ2) is 7.29. The normalized spacial score (nSPS) is 19.7. The topological polar surface area (TPSA) is 54.5 Å². The Hall–Kier alpha value is -1.33. The molecule has 0 bridgehead atoms. The van der Waals surface area contributed by atoms with Gasteiger partial charge in [0, 0.05) is 25.3 Å². The monoisotopic (exact) mass is 325 g/mol. The van der Waals surface area contributed by atoms with E-state index in [9.17, 15) is 4.79 Å². The van der Waals surface area contributed by atoms with E-state index in [1.165, 1.54) is 0 Å². The third-order valence-electron chi connectivity index (χ3n) is 3.42. The lowest BCUT2D eigenvalue weighted by Gasteiger charge is -2.33. The molecule has 1 amide bonds. The van der Waals surface area contributed by atoms with Crippen LogP contribution in [0.3, 0.4) is 0 Å². The first-order valence-electron chi connectivity index (χ1n) is 7.64. The van der Waals surface area contributed by atoms with E-state index in [2.05, 4.69) is 15.2 Å². The molecule has 1 fully saturated rings. The van der Waals surface area contributed by atoms with E-state index in [1.54, 1.807) is 12.3 Å². The Kier molecular flexibility index (Phi) is 5.64. The average Bonchev–Trinajstić information content (AvgIpc) is 2.39. The minimum Gasteiger partial charge on any atom is -0.444 e. The van der Waals surface area contributed by atoms with Gasteiger partial charge in [0.05, 0.1) is 0 Å². The summed E-state index contributed by atoms with van der Waals surface area (Å²) in [6, 6.07) is 3.92. The van der Waals surface area contributed by atoms with Crippen LogP contribution in [0.4, 0.5) is 4.79 Å². The predicted molar refractivity (Wildman–Crippen MR) is 86.9 cm³/mol. The maximum absolute atomic E-state index is 11.9. The molecule has 1 unspecified atom stereocenters. The van der Waals surface area contributed by atoms with Crippen LogP contribution < -0.4 is 5.32 Å². The summed E-state index contributed by atoms with van der Waals surface area (Å²) in [6.07, 6.45) is 3.50. The van der Waals surface area contributed by atoms with Crippen LogP contribution in [-0.4, -0.2) is 40.7 Å². The van der Waals surface area contributed by atoms with E-state index < -0.39 is 5.60 Å². The first-order chi connectivity index (χ1) is 10.3. The van der Waals surface area contributed by atoms with Crippen molar-refractivity contribution in [2.24, 2.45) is 0 Å². The predicted octanol–water partition coefficient (Wildman–Crippen LogP) is 3.22. The summed E-state index contributed by atoms with van der Waals surface area (Å²) >= 11 is 5.80. The van der Waals surface area contributed by atoms with Crippen molar-refractivity contribution in [3.63, 3.8) is 0 Å². The summed E-state index contributed by atoms with van der Waals surface area (Å²) in [4.78, 5) is 18.3. The van der Waals surface area contributed by atoms with Crippen LogP contribution in [0.2, 0.25) is 5.15 Å². The molecule has 1 aromatic rings. The Morgan fingerprint density at radius 2 is 2.27 bits per heavy atom. The molecule has 1 aliphatic heterocycles. The van der Waals surface area contributed by atoms with Gasteiger partial charge in [0.1, 0.15) is 10.8 Å². The summed E-state index contributed by atoms with van der Waals surface area (Å²) in [6.45, 7) is 8.27. The molecule has 2 heterocycles. The van der Waals surface area contributed by atoms with Crippen LogP contribution >= 0.6 is 11.6 Å². The highest BCUT2D eigenvalue weighted by molar-refractivity contribution is 6.29. The number of piperidine rings is 1. The second-order valence-corrected chi connectivity index (χ2v) is 7.10. The molecule has 1 N–H and O–H groups in total. The molecule has 1 atom stereocenters. The number of rotatable bonds is 3. The van der Waals surface area contributed by atoms with Gasteiger partial charge in [-0.15, -0.1) is 0 Å². The van der Waals surface area contributed by atoms with Crippen molar-refractivity contribution in [3.05, 3.63) is 29.0 Å². The van der Waals surface area contributed by atoms with Gasteiger partial charge in [-0.1, -0.05) is 17.7 Å². The number of amides is 1. The molecule has 6 heteroatoms. The summed E-state index contributed by atoms with van der Waals surface area (Å²) in [5, 5.41) is 3.47. The van der Waals surface area contributed by atoms with E-state index in [4.69, 9.17) is 16.3 Å². The van der Waals surface area contributed by atoms with E-state index >= 15 is 0 Å². The highest BCUT2D eigenvalue weighted by Gasteiger charge is 2.24. The summed E-state index contributed by atoms with van der Waals surface area (Å²) in [7, 11) is 0. The fraction of sp³-hybridized carbons (Fsp3) is 0.625. The zero-order valence-electron chi connectivity index (χ0n) is 13.4. The molecule has 1 saturated heterocycles. The minimum absolute atomic E-state index is 0.129. The number of nitrogens with zero attached hydrogens (tertiary/aromatic N) is 2. The van der Waals surface area contributed by atoms with Crippen LogP contribution in [0.5, 0.6) is 0 Å². The van der Waals surface area contributed by atoms with Gasteiger partial charge in [0.15, 0.2) is 0 Å². The maximum Gasteiger partial charge on any atom is 0.407 e. The summed E-state index contributed by atoms with van der Waals surface area (Å²) in [5.74, 6) is 0. The number of likely N-dealkylation sites (tertiary alicyclic amines) is 1. The Morgan fingerprint density at radius 3 is 2.91 bits per heavy atom. The third-order valence-corrected chi connectivity index (χ3v) is 3.64. The lowest BCUT2D eigenvalue weighted by molar-refractivity contribution is 0.0470. The Morgan fingerprint density at radius 1 is 1.50 bits per heavy atom. The fourth-order valence-corrected chi connectivity index (χ4v) is 2.66. The van der Waals surface area contributed by atoms with Crippen LogP contribution in [0.15, 0.2) is 18.3 Å². The number of aromatic nitrogens is 1. The molecule has 0 aromatic carbocycles. The molecule has 5 nitrogen and oxygen atoms in total. The van der Waals surface area contributed by atoms with Crippen LogP contribution in [0.1, 0.15) is 39.2 Å². The molecule has 0 saturated carbocycles. The molecule has 2 rings (SSSR count). The lowest BCUT2D eigenvalue weighted by atomic mass is 10.1. The van der Waals surface area contributed by atoms with Gasteiger partial charge >= 0.3 is 6.09 Å². The van der Waals surface area contributed by atoms with Crippen molar-refractivity contribution >= 4 is 17.7 Å². The number of hydrogen-bond donors (Lipinski definition) is 1. The molecular formula is C16H24ClN3O2. The van der Waals surface area contributed by atoms with Gasteiger partial charge in [-0.3, -0.25) is 4.90 Å². The molecule has 0 radical (unpaired) electrons. The fourth-order valence-electron chi connectivity index (χ4n) is 2.55. The SMILES string of the molecule is CC(C)(C)OC(=O)NC1CCCN(Cc2ccc(Cl)nc2)C1. The smallest absolute Gasteiger partial charge is 0.407 e. The number of carbonyl (C=O) groups excluding carboxylic acids is 1. The number of hydrogen-bond acceptors (Lipinski definition) is 4. The molecule has 0 aliphatic carbocycles. The van der Waals surface area contributed by atoms with E-state index in [0.29, 0.717) is 5.15 Å². The zero-order valence-corrected chi connectivity index (χ0v) is 14.2. The average molecular weight is 326 g/mol. The van der Waals surface area contributed by atoms with Gasteiger partial charge in [-0.25, -0.2) is 9.78 Å². The van der Waals surface area contributed by atoms with Gasteiger partial charge in [-0.2, -0.15) is 0 Å². The highest BCUT2D eigenvalue weighted by atomic mass is 35.5. The quantitative estimate of drug-likeness (QED) is 0.867. The number of halogens is 1. The molecule has 0 spiro atoms. The van der Waals surface area contributed by atoms with Crippen LogP contribution in [-0.2, 0) is 11.3 Å². The second-order valence-electron chi connectivity index (χ2n) is 6.71. The van der Waals surface area contributed by atoms with Crippen molar-refractivity contribution < 1.29 is 9.53 Å². The maximum atomic E-state index is 11.9. The van der Waals surface area contributed by atoms with Crippen LogP contribution in [0, 0.1) is 0 Å². The first-order valence-corrected chi connectivity index (χ1v) is 8.02. The number of ether oxygens (including phenoxy) is 1.